The average molecular weight is 700 g/mol. The zero-order chi connectivity index (χ0) is 35.9. The lowest BCUT2D eigenvalue weighted by Crippen LogP contribution is -2.47. The number of morpholine rings is 1. The summed E-state index contributed by atoms with van der Waals surface area (Å²) < 4.78 is 68.6. The van der Waals surface area contributed by atoms with Crippen molar-refractivity contribution in [2.45, 2.75) is 50.9 Å². The fourth-order valence-electron chi connectivity index (χ4n) is 6.65. The van der Waals surface area contributed by atoms with Crippen LogP contribution in [0.25, 0.3) is 16.6 Å². The van der Waals surface area contributed by atoms with Gasteiger partial charge in [0.1, 0.15) is 17.6 Å². The molecule has 2 atom stereocenters. The lowest BCUT2D eigenvalue weighted by atomic mass is 9.93. The van der Waals surface area contributed by atoms with Crippen molar-refractivity contribution in [3.8, 4) is 11.4 Å². The van der Waals surface area contributed by atoms with Crippen molar-refractivity contribution in [2.24, 2.45) is 7.05 Å². The number of carbonyl (C=O) groups excluding carboxylic acids is 1. The first-order valence-electron chi connectivity index (χ1n) is 15.8. The number of carbonyl (C=O) groups is 2. The van der Waals surface area contributed by atoms with E-state index >= 15 is 4.39 Å². The van der Waals surface area contributed by atoms with Crippen molar-refractivity contribution < 1.29 is 41.7 Å². The molecule has 2 aromatic heterocycles. The zero-order valence-electron chi connectivity index (χ0n) is 27.1. The minimum Gasteiger partial charge on any atom is -0.491 e. The van der Waals surface area contributed by atoms with Crippen molar-refractivity contribution in [1.29, 1.82) is 0 Å². The second-order valence-electron chi connectivity index (χ2n) is 12.3. The Hall–Kier alpha value is -5.25. The Morgan fingerprint density at radius 3 is 2.66 bits per heavy atom. The minimum absolute atomic E-state index is 0.0840. The van der Waals surface area contributed by atoms with Gasteiger partial charge in [-0.1, -0.05) is 6.07 Å². The molecule has 0 aliphatic carbocycles. The van der Waals surface area contributed by atoms with Gasteiger partial charge in [0.25, 0.3) is 11.5 Å². The van der Waals surface area contributed by atoms with Crippen molar-refractivity contribution in [3.63, 3.8) is 0 Å². The van der Waals surface area contributed by atoms with Crippen LogP contribution in [-0.4, -0.2) is 75.7 Å². The number of carboxylic acid groups (broad SMARTS) is 1. The molecule has 4 aromatic rings. The molecule has 0 saturated carbocycles. The van der Waals surface area contributed by atoms with Crippen molar-refractivity contribution in [2.75, 3.05) is 31.3 Å². The Balaban J connectivity index is 1.29. The molecule has 2 aromatic carbocycles. The number of aliphatic carboxylic acids is 1. The molecular formula is C34H33F4N5O7. The number of benzene rings is 2. The summed E-state index contributed by atoms with van der Waals surface area (Å²) in [5.74, 6) is -3.21. The molecule has 16 heteroatoms. The Labute approximate surface area is 281 Å². The molecule has 6 rings (SSSR count). The molecular weight excluding hydrogens is 666 g/mol. The van der Waals surface area contributed by atoms with E-state index in [1.54, 1.807) is 6.07 Å². The Bertz CT molecular complexity index is 2090. The monoisotopic (exact) mass is 699 g/mol. The van der Waals surface area contributed by atoms with E-state index in [0.717, 1.165) is 10.6 Å². The standard InChI is InChI=1S/C34H33F4N5O7/c1-18-12-20(42-9-11-49-17-21(42)15-34(36,37)38)14-24(35)28(18)30(44)40-25(32(46)47)13-19-5-6-26(29-22(19)4-3-10-50-29)43-31(45)23-7-8-39-16-27(23)41(2)33(43)48/h5-8,12,14,16,21,25H,3-4,9-11,13,15,17H2,1-2H3,(H,40,44)(H,46,47)/t21-,25?/m1/s1. The fraction of sp³-hybridized carbons (Fsp3) is 0.382. The summed E-state index contributed by atoms with van der Waals surface area (Å²) in [5.41, 5.74) is 0.145. The third kappa shape index (κ3) is 6.66. The number of hydrogen-bond acceptors (Lipinski definition) is 8. The van der Waals surface area contributed by atoms with E-state index in [1.165, 1.54) is 54.0 Å². The van der Waals surface area contributed by atoms with Gasteiger partial charge in [0.05, 0.1) is 60.6 Å². The van der Waals surface area contributed by atoms with Crippen LogP contribution in [0.5, 0.6) is 5.75 Å². The van der Waals surface area contributed by atoms with Crippen LogP contribution in [0.2, 0.25) is 0 Å². The minimum atomic E-state index is -4.47. The molecule has 50 heavy (non-hydrogen) atoms. The van der Waals surface area contributed by atoms with Crippen molar-refractivity contribution in [1.82, 2.24) is 19.4 Å². The van der Waals surface area contributed by atoms with Crippen LogP contribution in [0, 0.1) is 12.7 Å². The van der Waals surface area contributed by atoms with Gasteiger partial charge < -0.3 is 24.8 Å². The number of nitrogens with one attached hydrogen (secondary N) is 1. The number of aromatic nitrogens is 3. The van der Waals surface area contributed by atoms with Gasteiger partial charge in [0.15, 0.2) is 0 Å². The molecule has 0 spiro atoms. The van der Waals surface area contributed by atoms with Crippen molar-refractivity contribution in [3.05, 3.63) is 91.6 Å². The quantitative estimate of drug-likeness (QED) is 0.264. The van der Waals surface area contributed by atoms with E-state index in [-0.39, 0.29) is 60.9 Å². The molecule has 2 aliphatic rings. The van der Waals surface area contributed by atoms with Gasteiger partial charge >= 0.3 is 17.8 Å². The first-order valence-corrected chi connectivity index (χ1v) is 15.8. The topological polar surface area (TPSA) is 145 Å². The van der Waals surface area contributed by atoms with Crippen molar-refractivity contribution >= 4 is 28.5 Å². The second-order valence-corrected chi connectivity index (χ2v) is 12.3. The first kappa shape index (κ1) is 34.6. The second kappa shape index (κ2) is 13.6. The summed E-state index contributed by atoms with van der Waals surface area (Å²) in [7, 11) is 1.51. The highest BCUT2D eigenvalue weighted by Crippen LogP contribution is 2.35. The smallest absolute Gasteiger partial charge is 0.391 e. The number of aryl methyl sites for hydroxylation is 2. The highest BCUT2D eigenvalue weighted by Gasteiger charge is 2.37. The number of halogens is 4. The molecule has 1 fully saturated rings. The molecule has 2 aliphatic heterocycles. The number of pyridine rings is 1. The third-order valence-electron chi connectivity index (χ3n) is 9.02. The van der Waals surface area contributed by atoms with Gasteiger partial charge in [-0.25, -0.2) is 18.5 Å². The summed E-state index contributed by atoms with van der Waals surface area (Å²) in [6.07, 6.45) is -2.04. The van der Waals surface area contributed by atoms with E-state index in [2.05, 4.69) is 10.3 Å². The summed E-state index contributed by atoms with van der Waals surface area (Å²) in [6.45, 7) is 1.72. The number of nitrogens with zero attached hydrogens (tertiary/aromatic N) is 4. The van der Waals surface area contributed by atoms with Gasteiger partial charge in [0.2, 0.25) is 0 Å². The normalized spacial score (nSPS) is 16.8. The third-order valence-corrected chi connectivity index (χ3v) is 9.02. The number of fused-ring (bicyclic) bond motifs is 2. The molecule has 1 unspecified atom stereocenters. The summed E-state index contributed by atoms with van der Waals surface area (Å²) >= 11 is 0. The lowest BCUT2D eigenvalue weighted by molar-refractivity contribution is -0.143. The van der Waals surface area contributed by atoms with Crippen LogP contribution in [0.15, 0.2) is 52.3 Å². The number of rotatable bonds is 8. The summed E-state index contributed by atoms with van der Waals surface area (Å²) in [5, 5.41) is 12.7. The van der Waals surface area contributed by atoms with Crippen LogP contribution in [0.1, 0.15) is 39.9 Å². The lowest BCUT2D eigenvalue weighted by Gasteiger charge is -2.38. The first-order chi connectivity index (χ1) is 23.7. The summed E-state index contributed by atoms with van der Waals surface area (Å²) in [6, 6.07) is 4.29. The highest BCUT2D eigenvalue weighted by atomic mass is 19.4. The number of hydrogen-bond donors (Lipinski definition) is 2. The number of carboxylic acids is 1. The number of ether oxygens (including phenoxy) is 2. The maximum Gasteiger partial charge on any atom is 0.391 e. The van der Waals surface area contributed by atoms with Gasteiger partial charge in [-0.3, -0.25) is 19.1 Å². The van der Waals surface area contributed by atoms with E-state index in [1.807, 2.05) is 0 Å². The van der Waals surface area contributed by atoms with E-state index in [9.17, 15) is 37.5 Å². The number of alkyl halides is 3. The molecule has 4 heterocycles. The highest BCUT2D eigenvalue weighted by molar-refractivity contribution is 5.98. The molecule has 1 saturated heterocycles. The van der Waals surface area contributed by atoms with Crippen LogP contribution < -0.4 is 26.2 Å². The maximum absolute atomic E-state index is 15.5. The van der Waals surface area contributed by atoms with E-state index < -0.39 is 59.2 Å². The fourth-order valence-corrected chi connectivity index (χ4v) is 6.65. The number of amides is 1. The van der Waals surface area contributed by atoms with Gasteiger partial charge in [-0.15, -0.1) is 0 Å². The molecule has 1 amide bonds. The molecule has 0 bridgehead atoms. The number of anilines is 1. The van der Waals surface area contributed by atoms with Crippen LogP contribution in [-0.2, 0) is 29.4 Å². The molecule has 2 N–H and O–H groups in total. The van der Waals surface area contributed by atoms with Gasteiger partial charge in [-0.2, -0.15) is 13.2 Å². The SMILES string of the molecule is Cc1cc(N2CCOC[C@H]2CC(F)(F)F)cc(F)c1C(=O)NC(Cc1ccc(-n2c(=O)c3ccncc3n(C)c2=O)c2c1CCCO2)C(=O)O. The molecule has 264 valence electrons. The zero-order valence-corrected chi connectivity index (χ0v) is 27.1. The maximum atomic E-state index is 15.5. The summed E-state index contributed by atoms with van der Waals surface area (Å²) in [4.78, 5) is 58.0. The van der Waals surface area contributed by atoms with Crippen LogP contribution >= 0.6 is 0 Å². The van der Waals surface area contributed by atoms with Crippen LogP contribution in [0.4, 0.5) is 23.2 Å². The predicted octanol–water partition coefficient (Wildman–Crippen LogP) is 3.44. The Morgan fingerprint density at radius 1 is 1.16 bits per heavy atom. The van der Waals surface area contributed by atoms with Gasteiger partial charge in [0, 0.05) is 31.9 Å². The van der Waals surface area contributed by atoms with Crippen LogP contribution in [0.3, 0.4) is 0 Å². The van der Waals surface area contributed by atoms with E-state index in [0.29, 0.717) is 29.5 Å². The molecule has 12 nitrogen and oxygen atoms in total. The van der Waals surface area contributed by atoms with Gasteiger partial charge in [-0.05, 0) is 60.7 Å². The molecule has 0 radical (unpaired) electrons. The Morgan fingerprint density at radius 2 is 1.94 bits per heavy atom. The van der Waals surface area contributed by atoms with E-state index in [4.69, 9.17) is 9.47 Å². The predicted molar refractivity (Wildman–Crippen MR) is 173 cm³/mol. The largest absolute Gasteiger partial charge is 0.491 e. The Kier molecular flexibility index (Phi) is 9.39. The average Bonchev–Trinajstić information content (AvgIpc) is 3.07.